The van der Waals surface area contributed by atoms with Crippen molar-refractivity contribution in [1.29, 1.82) is 0 Å². The van der Waals surface area contributed by atoms with Gasteiger partial charge in [-0.15, -0.1) is 0 Å². The Morgan fingerprint density at radius 1 is 1.43 bits per heavy atom. The van der Waals surface area contributed by atoms with E-state index in [1.165, 1.54) is 19.4 Å². The fourth-order valence-electron chi connectivity index (χ4n) is 2.00. The lowest BCUT2D eigenvalue weighted by atomic mass is 9.97. The molecule has 1 aliphatic heterocycles. The van der Waals surface area contributed by atoms with E-state index in [9.17, 15) is 0 Å². The molecule has 1 heterocycles. The van der Waals surface area contributed by atoms with Gasteiger partial charge in [-0.25, -0.2) is 0 Å². The Morgan fingerprint density at radius 3 is 2.43 bits per heavy atom. The molecule has 0 saturated carbocycles. The Balaban J connectivity index is 2.31. The zero-order valence-corrected chi connectivity index (χ0v) is 9.53. The van der Waals surface area contributed by atoms with Crippen LogP contribution in [0.1, 0.15) is 12.8 Å². The third-order valence-corrected chi connectivity index (χ3v) is 2.79. The minimum absolute atomic E-state index is 0.688. The van der Waals surface area contributed by atoms with Crippen molar-refractivity contribution >= 4 is 5.96 Å². The number of hydrogen-bond acceptors (Lipinski definition) is 2. The molecule has 2 N–H and O–H groups in total. The van der Waals surface area contributed by atoms with Crippen molar-refractivity contribution in [2.75, 3.05) is 40.8 Å². The number of rotatable bonds is 2. The molecule has 0 aromatic heterocycles. The number of guanidine groups is 1. The molecule has 0 aromatic rings. The van der Waals surface area contributed by atoms with E-state index in [1.807, 2.05) is 0 Å². The number of nitrogens with two attached hydrogens (primary N) is 1. The molecule has 0 spiro atoms. The highest BCUT2D eigenvalue weighted by molar-refractivity contribution is 5.77. The first-order valence-corrected chi connectivity index (χ1v) is 5.25. The van der Waals surface area contributed by atoms with Gasteiger partial charge in [0.25, 0.3) is 0 Å². The van der Waals surface area contributed by atoms with Crippen molar-refractivity contribution in [2.24, 2.45) is 16.6 Å². The van der Waals surface area contributed by atoms with Gasteiger partial charge in [-0.1, -0.05) is 0 Å². The molecule has 0 aliphatic carbocycles. The van der Waals surface area contributed by atoms with E-state index in [2.05, 4.69) is 28.9 Å². The van der Waals surface area contributed by atoms with Crippen molar-refractivity contribution in [3.63, 3.8) is 0 Å². The van der Waals surface area contributed by atoms with Gasteiger partial charge in [-0.05, 0) is 32.9 Å². The van der Waals surface area contributed by atoms with Gasteiger partial charge in [0.15, 0.2) is 5.96 Å². The summed E-state index contributed by atoms with van der Waals surface area (Å²) < 4.78 is 0. The van der Waals surface area contributed by atoms with Crippen LogP contribution in [0.4, 0.5) is 0 Å². The van der Waals surface area contributed by atoms with Crippen LogP contribution in [0.3, 0.4) is 0 Å². The molecule has 0 atom stereocenters. The first-order valence-electron chi connectivity index (χ1n) is 5.25. The molecule has 0 amide bonds. The summed E-state index contributed by atoms with van der Waals surface area (Å²) in [4.78, 5) is 8.44. The summed E-state index contributed by atoms with van der Waals surface area (Å²) in [5.41, 5.74) is 5.76. The van der Waals surface area contributed by atoms with Gasteiger partial charge >= 0.3 is 0 Å². The zero-order valence-electron chi connectivity index (χ0n) is 9.53. The quantitative estimate of drug-likeness (QED) is 0.509. The summed E-state index contributed by atoms with van der Waals surface area (Å²) in [6.45, 7) is 3.31. The predicted octanol–water partition coefficient (Wildman–Crippen LogP) is 0.205. The maximum absolute atomic E-state index is 5.76. The largest absolute Gasteiger partial charge is 0.370 e. The summed E-state index contributed by atoms with van der Waals surface area (Å²) in [6, 6.07) is 0. The first-order chi connectivity index (χ1) is 6.63. The van der Waals surface area contributed by atoms with E-state index < -0.39 is 0 Å². The lowest BCUT2D eigenvalue weighted by Crippen LogP contribution is -2.44. The molecule has 0 aromatic carbocycles. The Labute approximate surface area is 86.8 Å². The van der Waals surface area contributed by atoms with Crippen LogP contribution in [0.25, 0.3) is 0 Å². The molecule has 0 unspecified atom stereocenters. The third-order valence-electron chi connectivity index (χ3n) is 2.79. The van der Waals surface area contributed by atoms with E-state index in [1.54, 1.807) is 7.05 Å². The summed E-state index contributed by atoms with van der Waals surface area (Å²) in [7, 11) is 6.02. The Morgan fingerprint density at radius 2 is 2.00 bits per heavy atom. The molecule has 0 bridgehead atoms. The van der Waals surface area contributed by atoms with Gasteiger partial charge in [0.05, 0.1) is 0 Å². The Hall–Kier alpha value is -0.770. The van der Waals surface area contributed by atoms with E-state index in [0.717, 1.165) is 19.0 Å². The molecule has 1 aliphatic rings. The molecule has 1 rings (SSSR count). The van der Waals surface area contributed by atoms with Crippen LogP contribution in [-0.4, -0.2) is 56.5 Å². The smallest absolute Gasteiger partial charge is 0.190 e. The average Bonchev–Trinajstić information content (AvgIpc) is 2.17. The van der Waals surface area contributed by atoms with Crippen molar-refractivity contribution in [1.82, 2.24) is 9.80 Å². The topological polar surface area (TPSA) is 44.9 Å². The predicted molar refractivity (Wildman–Crippen MR) is 60.4 cm³/mol. The zero-order chi connectivity index (χ0) is 10.6. The number of nitrogens with zero attached hydrogens (tertiary/aromatic N) is 3. The van der Waals surface area contributed by atoms with E-state index in [4.69, 9.17) is 5.73 Å². The molecule has 0 radical (unpaired) electrons. The second-order valence-electron chi connectivity index (χ2n) is 4.27. The molecule has 4 heteroatoms. The lowest BCUT2D eigenvalue weighted by molar-refractivity contribution is 0.218. The summed E-state index contributed by atoms with van der Waals surface area (Å²) in [5.74, 6) is 1.51. The van der Waals surface area contributed by atoms with Gasteiger partial charge < -0.3 is 15.5 Å². The highest BCUT2D eigenvalue weighted by atomic mass is 15.2. The fraction of sp³-hybridized carbons (Fsp3) is 0.900. The number of piperidine rings is 1. The molecular weight excluding hydrogens is 176 g/mol. The third kappa shape index (κ3) is 3.18. The summed E-state index contributed by atoms with van der Waals surface area (Å²) >= 11 is 0. The highest BCUT2D eigenvalue weighted by Gasteiger charge is 2.20. The average molecular weight is 198 g/mol. The van der Waals surface area contributed by atoms with Gasteiger partial charge in [-0.3, -0.25) is 4.99 Å². The van der Waals surface area contributed by atoms with Gasteiger partial charge in [-0.2, -0.15) is 0 Å². The van der Waals surface area contributed by atoms with Gasteiger partial charge in [0.1, 0.15) is 0 Å². The summed E-state index contributed by atoms with van der Waals surface area (Å²) in [5, 5.41) is 0. The van der Waals surface area contributed by atoms with Gasteiger partial charge in [0, 0.05) is 26.7 Å². The Kier molecular flexibility index (Phi) is 4.20. The van der Waals surface area contributed by atoms with Crippen LogP contribution >= 0.6 is 0 Å². The maximum atomic E-state index is 5.76. The molecule has 14 heavy (non-hydrogen) atoms. The van der Waals surface area contributed by atoms with Crippen LogP contribution in [-0.2, 0) is 0 Å². The molecule has 82 valence electrons. The number of hydrogen-bond donors (Lipinski definition) is 1. The van der Waals surface area contributed by atoms with E-state index in [-0.39, 0.29) is 0 Å². The lowest BCUT2D eigenvalue weighted by Gasteiger charge is -2.33. The Bertz CT molecular complexity index is 192. The van der Waals surface area contributed by atoms with Crippen LogP contribution in [0.2, 0.25) is 0 Å². The van der Waals surface area contributed by atoms with E-state index in [0.29, 0.717) is 5.96 Å². The normalized spacial score (nSPS) is 20.6. The number of likely N-dealkylation sites (tertiary alicyclic amines) is 1. The SMILES string of the molecule is CN=C(N)N1CCC(CN(C)C)CC1. The van der Waals surface area contributed by atoms with Gasteiger partial charge in [0.2, 0.25) is 0 Å². The minimum atomic E-state index is 0.688. The monoisotopic (exact) mass is 198 g/mol. The van der Waals surface area contributed by atoms with Crippen LogP contribution in [0.15, 0.2) is 4.99 Å². The van der Waals surface area contributed by atoms with Crippen molar-refractivity contribution in [3.05, 3.63) is 0 Å². The molecule has 4 nitrogen and oxygen atoms in total. The standard InChI is InChI=1S/C10H22N4/c1-12-10(11)14-6-4-9(5-7-14)8-13(2)3/h9H,4-8H2,1-3H3,(H2,11,12). The molecular formula is C10H22N4. The molecule has 1 saturated heterocycles. The van der Waals surface area contributed by atoms with Crippen LogP contribution in [0, 0.1) is 5.92 Å². The van der Waals surface area contributed by atoms with Crippen LogP contribution < -0.4 is 5.73 Å². The minimum Gasteiger partial charge on any atom is -0.370 e. The maximum Gasteiger partial charge on any atom is 0.190 e. The second kappa shape index (κ2) is 5.20. The van der Waals surface area contributed by atoms with Crippen molar-refractivity contribution in [3.8, 4) is 0 Å². The molecule has 1 fully saturated rings. The fourth-order valence-corrected chi connectivity index (χ4v) is 2.00. The van der Waals surface area contributed by atoms with Crippen LogP contribution in [0.5, 0.6) is 0 Å². The number of aliphatic imine (C=N–C) groups is 1. The second-order valence-corrected chi connectivity index (χ2v) is 4.27. The highest BCUT2D eigenvalue weighted by Crippen LogP contribution is 2.17. The van der Waals surface area contributed by atoms with E-state index >= 15 is 0 Å². The van der Waals surface area contributed by atoms with Crippen molar-refractivity contribution < 1.29 is 0 Å². The summed E-state index contributed by atoms with van der Waals surface area (Å²) in [6.07, 6.45) is 2.46. The first kappa shape index (κ1) is 11.3. The van der Waals surface area contributed by atoms with Crippen molar-refractivity contribution in [2.45, 2.75) is 12.8 Å².